The van der Waals surface area contributed by atoms with Gasteiger partial charge >= 0.3 is 6.18 Å². The van der Waals surface area contributed by atoms with Gasteiger partial charge in [-0.15, -0.1) is 0 Å². The lowest BCUT2D eigenvalue weighted by atomic mass is 10.1. The van der Waals surface area contributed by atoms with Crippen LogP contribution in [0.3, 0.4) is 0 Å². The molecule has 0 radical (unpaired) electrons. The second-order valence-electron chi connectivity index (χ2n) is 5.32. The van der Waals surface area contributed by atoms with Gasteiger partial charge < -0.3 is 14.8 Å². The summed E-state index contributed by atoms with van der Waals surface area (Å²) in [5.41, 5.74) is 0.741. The first-order valence-corrected chi connectivity index (χ1v) is 6.98. The summed E-state index contributed by atoms with van der Waals surface area (Å²) >= 11 is 0. The van der Waals surface area contributed by atoms with Crippen LogP contribution in [0.15, 0.2) is 18.2 Å². The van der Waals surface area contributed by atoms with E-state index in [4.69, 9.17) is 9.47 Å². The molecule has 1 aromatic rings. The molecule has 0 heterocycles. The van der Waals surface area contributed by atoms with Crippen LogP contribution in [0, 0.1) is 5.92 Å². The molecule has 1 aliphatic carbocycles. The molecule has 0 unspecified atom stereocenters. The summed E-state index contributed by atoms with van der Waals surface area (Å²) in [5.74, 6) is 0.321. The Morgan fingerprint density at radius 1 is 1.36 bits per heavy atom. The van der Waals surface area contributed by atoms with Crippen molar-refractivity contribution >= 4 is 5.91 Å². The monoisotopic (exact) mass is 317 g/mol. The summed E-state index contributed by atoms with van der Waals surface area (Å²) in [5, 5.41) is 2.87. The van der Waals surface area contributed by atoms with Crippen LogP contribution >= 0.6 is 0 Å². The van der Waals surface area contributed by atoms with E-state index in [1.165, 1.54) is 13.2 Å². The maximum absolute atomic E-state index is 12.2. The molecular weight excluding hydrogens is 299 g/mol. The first-order chi connectivity index (χ1) is 10.3. The molecule has 1 aliphatic rings. The van der Waals surface area contributed by atoms with Gasteiger partial charge in [0, 0.05) is 5.92 Å². The van der Waals surface area contributed by atoms with Gasteiger partial charge in [0.1, 0.15) is 0 Å². The van der Waals surface area contributed by atoms with Crippen molar-refractivity contribution in [1.29, 1.82) is 0 Å². The average Bonchev–Trinajstić information content (AvgIpc) is 3.28. The van der Waals surface area contributed by atoms with Crippen molar-refractivity contribution in [2.45, 2.75) is 32.0 Å². The molecule has 0 aliphatic heterocycles. The predicted octanol–water partition coefficient (Wildman–Crippen LogP) is 3.22. The van der Waals surface area contributed by atoms with Crippen molar-refractivity contribution in [3.05, 3.63) is 23.8 Å². The third-order valence-electron chi connectivity index (χ3n) is 3.39. The second kappa shape index (κ2) is 6.46. The van der Waals surface area contributed by atoms with Crippen molar-refractivity contribution in [3.63, 3.8) is 0 Å². The lowest BCUT2D eigenvalue weighted by Crippen LogP contribution is -2.27. The maximum atomic E-state index is 12.2. The number of hydrogen-bond donors (Lipinski definition) is 1. The number of nitrogens with one attached hydrogen (secondary N) is 1. The Labute approximate surface area is 126 Å². The van der Waals surface area contributed by atoms with Crippen LogP contribution in [-0.2, 0) is 4.79 Å². The zero-order valence-electron chi connectivity index (χ0n) is 12.4. The van der Waals surface area contributed by atoms with Crippen molar-refractivity contribution in [2.75, 3.05) is 13.7 Å². The first kappa shape index (κ1) is 16.5. The first-order valence-electron chi connectivity index (χ1n) is 6.98. The molecule has 1 saturated carbocycles. The largest absolute Gasteiger partial charge is 0.493 e. The Bertz CT molecular complexity index is 541. The lowest BCUT2D eigenvalue weighted by Gasteiger charge is -2.17. The minimum absolute atomic E-state index is 0.00358. The van der Waals surface area contributed by atoms with Crippen LogP contribution in [0.4, 0.5) is 13.2 Å². The number of benzene rings is 1. The van der Waals surface area contributed by atoms with E-state index in [-0.39, 0.29) is 29.4 Å². The highest BCUT2D eigenvalue weighted by atomic mass is 19.4. The Hall–Kier alpha value is -1.92. The van der Waals surface area contributed by atoms with Gasteiger partial charge in [-0.2, -0.15) is 13.2 Å². The molecule has 7 heteroatoms. The molecule has 0 bridgehead atoms. The van der Waals surface area contributed by atoms with Crippen molar-refractivity contribution in [1.82, 2.24) is 5.32 Å². The van der Waals surface area contributed by atoms with Gasteiger partial charge in [0.15, 0.2) is 18.1 Å². The van der Waals surface area contributed by atoms with Gasteiger partial charge in [-0.25, -0.2) is 0 Å². The van der Waals surface area contributed by atoms with E-state index in [0.29, 0.717) is 0 Å². The average molecular weight is 317 g/mol. The van der Waals surface area contributed by atoms with E-state index in [0.717, 1.165) is 18.4 Å². The molecule has 122 valence electrons. The van der Waals surface area contributed by atoms with Crippen molar-refractivity contribution < 1.29 is 27.4 Å². The molecule has 0 spiro atoms. The predicted molar refractivity (Wildman–Crippen MR) is 73.8 cm³/mol. The standard InChI is InChI=1S/C15H18F3NO3/c1-9(19-14(20)10-3-4-10)11-5-6-12(13(7-11)21-2)22-8-15(16,17)18/h5-7,9-10H,3-4,8H2,1-2H3,(H,19,20)/t9-/m1/s1. The topological polar surface area (TPSA) is 47.6 Å². The Kier molecular flexibility index (Phi) is 4.83. The van der Waals surface area contributed by atoms with Crippen LogP contribution in [0.2, 0.25) is 0 Å². The number of carbonyl (C=O) groups excluding carboxylic acids is 1. The highest BCUT2D eigenvalue weighted by molar-refractivity contribution is 5.81. The van der Waals surface area contributed by atoms with Crippen LogP contribution in [0.1, 0.15) is 31.4 Å². The highest BCUT2D eigenvalue weighted by Crippen LogP contribution is 2.33. The smallest absolute Gasteiger partial charge is 0.422 e. The number of rotatable bonds is 6. The van der Waals surface area contributed by atoms with Crippen molar-refractivity contribution in [3.8, 4) is 11.5 Å². The summed E-state index contributed by atoms with van der Waals surface area (Å²) < 4.78 is 46.4. The second-order valence-corrected chi connectivity index (χ2v) is 5.32. The fourth-order valence-electron chi connectivity index (χ4n) is 1.99. The van der Waals surface area contributed by atoms with E-state index in [9.17, 15) is 18.0 Å². The molecule has 4 nitrogen and oxygen atoms in total. The third kappa shape index (κ3) is 4.54. The summed E-state index contributed by atoms with van der Waals surface area (Å²) in [6.07, 6.45) is -2.59. The van der Waals surface area contributed by atoms with Crippen LogP contribution < -0.4 is 14.8 Å². The van der Waals surface area contributed by atoms with Gasteiger partial charge in [0.05, 0.1) is 13.2 Å². The van der Waals surface area contributed by atoms with E-state index < -0.39 is 12.8 Å². The Morgan fingerprint density at radius 3 is 2.59 bits per heavy atom. The van der Waals surface area contributed by atoms with Crippen LogP contribution in [0.5, 0.6) is 11.5 Å². The minimum atomic E-state index is -4.41. The van der Waals surface area contributed by atoms with E-state index in [2.05, 4.69) is 5.32 Å². The Morgan fingerprint density at radius 2 is 2.05 bits per heavy atom. The number of ether oxygens (including phenoxy) is 2. The summed E-state index contributed by atoms with van der Waals surface area (Å²) in [4.78, 5) is 11.7. The van der Waals surface area contributed by atoms with E-state index in [1.54, 1.807) is 12.1 Å². The quantitative estimate of drug-likeness (QED) is 0.876. The van der Waals surface area contributed by atoms with E-state index >= 15 is 0 Å². The van der Waals surface area contributed by atoms with Gasteiger partial charge in [0.25, 0.3) is 0 Å². The molecule has 1 aromatic carbocycles. The summed E-state index contributed by atoms with van der Waals surface area (Å²) in [7, 11) is 1.35. The van der Waals surface area contributed by atoms with Gasteiger partial charge in [-0.3, -0.25) is 4.79 Å². The number of halogens is 3. The van der Waals surface area contributed by atoms with Gasteiger partial charge in [0.2, 0.25) is 5.91 Å². The molecule has 2 rings (SSSR count). The molecule has 22 heavy (non-hydrogen) atoms. The zero-order chi connectivity index (χ0) is 16.3. The molecule has 1 N–H and O–H groups in total. The molecule has 1 amide bonds. The van der Waals surface area contributed by atoms with E-state index in [1.807, 2.05) is 6.92 Å². The van der Waals surface area contributed by atoms with Crippen LogP contribution in [0.25, 0.3) is 0 Å². The van der Waals surface area contributed by atoms with Crippen LogP contribution in [-0.4, -0.2) is 25.8 Å². The molecule has 1 atom stereocenters. The maximum Gasteiger partial charge on any atom is 0.422 e. The fraction of sp³-hybridized carbons (Fsp3) is 0.533. The van der Waals surface area contributed by atoms with Crippen molar-refractivity contribution in [2.24, 2.45) is 5.92 Å². The summed E-state index contributed by atoms with van der Waals surface area (Å²) in [6.45, 7) is 0.433. The number of alkyl halides is 3. The number of carbonyl (C=O) groups is 1. The summed E-state index contributed by atoms with van der Waals surface area (Å²) in [6, 6.07) is 4.36. The third-order valence-corrected chi connectivity index (χ3v) is 3.39. The van der Waals surface area contributed by atoms with Gasteiger partial charge in [-0.1, -0.05) is 6.07 Å². The number of amides is 1. The molecular formula is C15H18F3NO3. The van der Waals surface area contributed by atoms with Gasteiger partial charge in [-0.05, 0) is 37.5 Å². The SMILES string of the molecule is COc1cc([C@@H](C)NC(=O)C2CC2)ccc1OCC(F)(F)F. The normalized spacial score (nSPS) is 16.0. The highest BCUT2D eigenvalue weighted by Gasteiger charge is 2.31. The minimum Gasteiger partial charge on any atom is -0.493 e. The zero-order valence-corrected chi connectivity index (χ0v) is 12.4. The molecule has 0 aromatic heterocycles. The fourth-order valence-corrected chi connectivity index (χ4v) is 1.99. The number of hydrogen-bond acceptors (Lipinski definition) is 3. The Balaban J connectivity index is 2.05. The molecule has 1 fully saturated rings. The lowest BCUT2D eigenvalue weighted by molar-refractivity contribution is -0.153. The number of methoxy groups -OCH3 is 1. The molecule has 0 saturated heterocycles.